The molecule has 0 saturated heterocycles. The fourth-order valence-corrected chi connectivity index (χ4v) is 1.32. The summed E-state index contributed by atoms with van der Waals surface area (Å²) < 4.78 is 1.49. The van der Waals surface area contributed by atoms with Crippen molar-refractivity contribution < 1.29 is 4.79 Å². The molecule has 2 aromatic rings. The molecule has 4 heteroatoms. The summed E-state index contributed by atoms with van der Waals surface area (Å²) in [4.78, 5) is 10.6. The van der Waals surface area contributed by atoms with Crippen LogP contribution >= 0.6 is 0 Å². The quantitative estimate of drug-likeness (QED) is 0.686. The molecular formula is C11H7N3O. The highest BCUT2D eigenvalue weighted by Crippen LogP contribution is 2.10. The molecule has 1 aromatic heterocycles. The third-order valence-corrected chi connectivity index (χ3v) is 2.01. The summed E-state index contributed by atoms with van der Waals surface area (Å²) in [5.74, 6) is 0. The molecule has 1 aromatic carbocycles. The van der Waals surface area contributed by atoms with Crippen LogP contribution in [-0.2, 0) is 0 Å². The molecule has 0 aliphatic heterocycles. The van der Waals surface area contributed by atoms with Crippen molar-refractivity contribution in [2.45, 2.75) is 0 Å². The maximum absolute atomic E-state index is 10.6. The number of aldehydes is 1. The molecule has 0 radical (unpaired) electrons. The topological polar surface area (TPSA) is 58.7 Å². The van der Waals surface area contributed by atoms with Crippen LogP contribution in [0.15, 0.2) is 36.5 Å². The van der Waals surface area contributed by atoms with Gasteiger partial charge >= 0.3 is 0 Å². The van der Waals surface area contributed by atoms with Crippen LogP contribution < -0.4 is 0 Å². The molecule has 1 heterocycles. The smallest absolute Gasteiger partial charge is 0.150 e. The van der Waals surface area contributed by atoms with E-state index in [0.29, 0.717) is 16.9 Å². The summed E-state index contributed by atoms with van der Waals surface area (Å²) in [6.07, 6.45) is 2.31. The molecule has 0 aliphatic rings. The van der Waals surface area contributed by atoms with Crippen LogP contribution in [0.2, 0.25) is 0 Å². The Kier molecular flexibility index (Phi) is 2.30. The van der Waals surface area contributed by atoms with Gasteiger partial charge in [0.2, 0.25) is 0 Å². The highest BCUT2D eigenvalue weighted by atomic mass is 16.1. The third kappa shape index (κ3) is 1.63. The average molecular weight is 197 g/mol. The standard InChI is InChI=1S/C11H7N3O/c12-7-11-4-5-13-14(11)10-3-1-2-9(6-10)8-15/h1-6,8H. The minimum Gasteiger partial charge on any atom is -0.298 e. The predicted octanol–water partition coefficient (Wildman–Crippen LogP) is 1.56. The largest absolute Gasteiger partial charge is 0.298 e. The Morgan fingerprint density at radius 2 is 2.27 bits per heavy atom. The molecule has 0 atom stereocenters. The monoisotopic (exact) mass is 197 g/mol. The molecule has 72 valence electrons. The van der Waals surface area contributed by atoms with Crippen molar-refractivity contribution in [1.82, 2.24) is 9.78 Å². The zero-order valence-electron chi connectivity index (χ0n) is 7.79. The molecule has 4 nitrogen and oxygen atoms in total. The highest BCUT2D eigenvalue weighted by Gasteiger charge is 2.03. The van der Waals surface area contributed by atoms with Crippen molar-refractivity contribution in [3.05, 3.63) is 47.8 Å². The van der Waals surface area contributed by atoms with Crippen LogP contribution in [0.1, 0.15) is 16.1 Å². The van der Waals surface area contributed by atoms with E-state index in [1.54, 1.807) is 36.5 Å². The van der Waals surface area contributed by atoms with E-state index in [1.165, 1.54) is 4.68 Å². The summed E-state index contributed by atoms with van der Waals surface area (Å²) in [6.45, 7) is 0. The van der Waals surface area contributed by atoms with Crippen LogP contribution in [0.3, 0.4) is 0 Å². The predicted molar refractivity (Wildman–Crippen MR) is 53.7 cm³/mol. The summed E-state index contributed by atoms with van der Waals surface area (Å²) in [5, 5.41) is 12.8. The zero-order chi connectivity index (χ0) is 10.7. The molecule has 0 bridgehead atoms. The molecule has 0 unspecified atom stereocenters. The lowest BCUT2D eigenvalue weighted by atomic mass is 10.2. The highest BCUT2D eigenvalue weighted by molar-refractivity contribution is 5.75. The Hall–Kier alpha value is -2.41. The second kappa shape index (κ2) is 3.76. The van der Waals surface area contributed by atoms with Crippen molar-refractivity contribution in [2.24, 2.45) is 0 Å². The molecule has 0 aliphatic carbocycles. The van der Waals surface area contributed by atoms with E-state index in [1.807, 2.05) is 6.07 Å². The van der Waals surface area contributed by atoms with E-state index in [-0.39, 0.29) is 0 Å². The minimum atomic E-state index is 0.443. The van der Waals surface area contributed by atoms with E-state index >= 15 is 0 Å². The van der Waals surface area contributed by atoms with Gasteiger partial charge in [-0.15, -0.1) is 0 Å². The molecule has 2 rings (SSSR count). The Labute approximate surface area is 86.4 Å². The number of hydrogen-bond donors (Lipinski definition) is 0. The molecule has 0 N–H and O–H groups in total. The molecular weight excluding hydrogens is 190 g/mol. The number of carbonyl (C=O) groups is 1. The van der Waals surface area contributed by atoms with Gasteiger partial charge in [-0.1, -0.05) is 12.1 Å². The van der Waals surface area contributed by atoms with Gasteiger partial charge in [-0.25, -0.2) is 4.68 Å². The average Bonchev–Trinajstić information content (AvgIpc) is 2.77. The second-order valence-electron chi connectivity index (χ2n) is 2.95. The fraction of sp³-hybridized carbons (Fsp3) is 0. The number of benzene rings is 1. The Morgan fingerprint density at radius 3 is 3.00 bits per heavy atom. The minimum absolute atomic E-state index is 0.443. The van der Waals surface area contributed by atoms with E-state index < -0.39 is 0 Å². The van der Waals surface area contributed by atoms with Gasteiger partial charge in [-0.05, 0) is 18.2 Å². The number of rotatable bonds is 2. The maximum atomic E-state index is 10.6. The number of nitriles is 1. The van der Waals surface area contributed by atoms with Gasteiger partial charge in [0.1, 0.15) is 18.0 Å². The fourth-order valence-electron chi connectivity index (χ4n) is 1.32. The first-order valence-corrected chi connectivity index (χ1v) is 4.35. The van der Waals surface area contributed by atoms with Gasteiger partial charge in [0.05, 0.1) is 11.9 Å². The van der Waals surface area contributed by atoms with Gasteiger partial charge in [0.15, 0.2) is 0 Å². The van der Waals surface area contributed by atoms with Crippen molar-refractivity contribution in [2.75, 3.05) is 0 Å². The molecule has 0 spiro atoms. The summed E-state index contributed by atoms with van der Waals surface area (Å²) >= 11 is 0. The van der Waals surface area contributed by atoms with E-state index in [4.69, 9.17) is 5.26 Å². The van der Waals surface area contributed by atoms with Crippen LogP contribution in [0.5, 0.6) is 0 Å². The van der Waals surface area contributed by atoms with Crippen molar-refractivity contribution in [1.29, 1.82) is 5.26 Å². The lowest BCUT2D eigenvalue weighted by Gasteiger charge is -2.02. The van der Waals surface area contributed by atoms with Crippen LogP contribution in [0.25, 0.3) is 5.69 Å². The van der Waals surface area contributed by atoms with Gasteiger partial charge in [0, 0.05) is 5.56 Å². The first-order chi connectivity index (χ1) is 7.35. The zero-order valence-corrected chi connectivity index (χ0v) is 7.79. The normalized spacial score (nSPS) is 9.53. The lowest BCUT2D eigenvalue weighted by molar-refractivity contribution is 0.112. The van der Waals surface area contributed by atoms with Gasteiger partial charge in [0.25, 0.3) is 0 Å². The van der Waals surface area contributed by atoms with Gasteiger partial charge in [-0.3, -0.25) is 4.79 Å². The van der Waals surface area contributed by atoms with Crippen LogP contribution in [0.4, 0.5) is 0 Å². The van der Waals surface area contributed by atoms with Gasteiger partial charge < -0.3 is 0 Å². The van der Waals surface area contributed by atoms with E-state index in [0.717, 1.165) is 6.29 Å². The van der Waals surface area contributed by atoms with Crippen LogP contribution in [0, 0.1) is 11.3 Å². The number of aromatic nitrogens is 2. The van der Waals surface area contributed by atoms with Gasteiger partial charge in [-0.2, -0.15) is 10.4 Å². The molecule has 0 amide bonds. The van der Waals surface area contributed by atoms with Crippen molar-refractivity contribution >= 4 is 6.29 Å². The molecule has 0 fully saturated rings. The number of carbonyl (C=O) groups excluding carboxylic acids is 1. The second-order valence-corrected chi connectivity index (χ2v) is 2.95. The van der Waals surface area contributed by atoms with E-state index in [9.17, 15) is 4.79 Å². The van der Waals surface area contributed by atoms with Crippen molar-refractivity contribution in [3.63, 3.8) is 0 Å². The molecule has 15 heavy (non-hydrogen) atoms. The van der Waals surface area contributed by atoms with Crippen LogP contribution in [-0.4, -0.2) is 16.1 Å². The Bertz CT molecular complexity index is 537. The first kappa shape index (κ1) is 9.16. The molecule has 0 saturated carbocycles. The maximum Gasteiger partial charge on any atom is 0.150 e. The van der Waals surface area contributed by atoms with E-state index in [2.05, 4.69) is 5.10 Å². The number of nitrogens with zero attached hydrogens (tertiary/aromatic N) is 3. The number of hydrogen-bond acceptors (Lipinski definition) is 3. The summed E-state index contributed by atoms with van der Waals surface area (Å²) in [7, 11) is 0. The lowest BCUT2D eigenvalue weighted by Crippen LogP contribution is -1.99. The Morgan fingerprint density at radius 1 is 1.40 bits per heavy atom. The summed E-state index contributed by atoms with van der Waals surface area (Å²) in [5.41, 5.74) is 1.71. The Balaban J connectivity index is 2.55. The first-order valence-electron chi connectivity index (χ1n) is 4.35. The van der Waals surface area contributed by atoms with Crippen molar-refractivity contribution in [3.8, 4) is 11.8 Å². The third-order valence-electron chi connectivity index (χ3n) is 2.01. The summed E-state index contributed by atoms with van der Waals surface area (Å²) in [6, 6.07) is 10.6. The SMILES string of the molecule is N#Cc1ccnn1-c1cccc(C=O)c1.